The predicted molar refractivity (Wildman–Crippen MR) is 46.8 cm³/mol. The second kappa shape index (κ2) is 3.05. The zero-order valence-electron chi connectivity index (χ0n) is 7.55. The van der Waals surface area contributed by atoms with Crippen molar-refractivity contribution in [2.75, 3.05) is 13.1 Å². The zero-order valence-corrected chi connectivity index (χ0v) is 7.55. The Labute approximate surface area is 73.1 Å². The Bertz CT molecular complexity index is 193. The third-order valence-electron chi connectivity index (χ3n) is 2.94. The van der Waals surface area contributed by atoms with Crippen LogP contribution in [-0.4, -0.2) is 36.0 Å². The van der Waals surface area contributed by atoms with Crippen molar-refractivity contribution in [3.63, 3.8) is 0 Å². The van der Waals surface area contributed by atoms with Crippen LogP contribution in [-0.2, 0) is 4.79 Å². The van der Waals surface area contributed by atoms with Crippen LogP contribution in [0.1, 0.15) is 26.2 Å². The number of carbonyl (C=O) groups excluding carboxylic acids is 1. The average molecular weight is 168 g/mol. The van der Waals surface area contributed by atoms with Gasteiger partial charge < -0.3 is 10.2 Å². The zero-order chi connectivity index (χ0) is 8.55. The molecule has 2 fully saturated rings. The lowest BCUT2D eigenvalue weighted by atomic mass is 10.1. The molecule has 0 spiro atoms. The third kappa shape index (κ3) is 1.12. The van der Waals surface area contributed by atoms with E-state index in [1.807, 2.05) is 4.90 Å². The first-order chi connectivity index (χ1) is 5.83. The lowest BCUT2D eigenvalue weighted by Crippen LogP contribution is -2.39. The van der Waals surface area contributed by atoms with Crippen LogP contribution < -0.4 is 5.32 Å². The molecule has 1 N–H and O–H groups in total. The van der Waals surface area contributed by atoms with Gasteiger partial charge in [-0.1, -0.05) is 6.92 Å². The van der Waals surface area contributed by atoms with Crippen LogP contribution in [0.4, 0.5) is 0 Å². The summed E-state index contributed by atoms with van der Waals surface area (Å²) in [4.78, 5) is 13.5. The monoisotopic (exact) mass is 168 g/mol. The van der Waals surface area contributed by atoms with E-state index in [1.54, 1.807) is 0 Å². The fraction of sp³-hybridized carbons (Fsp3) is 0.889. The van der Waals surface area contributed by atoms with E-state index in [4.69, 9.17) is 0 Å². The van der Waals surface area contributed by atoms with Crippen molar-refractivity contribution in [2.24, 2.45) is 0 Å². The van der Waals surface area contributed by atoms with Gasteiger partial charge >= 0.3 is 0 Å². The van der Waals surface area contributed by atoms with Crippen molar-refractivity contribution in [3.05, 3.63) is 0 Å². The van der Waals surface area contributed by atoms with Gasteiger partial charge in [0.25, 0.3) is 0 Å². The van der Waals surface area contributed by atoms with Crippen molar-refractivity contribution in [3.8, 4) is 0 Å². The number of nitrogens with zero attached hydrogens (tertiary/aromatic N) is 1. The molecule has 0 aliphatic carbocycles. The Morgan fingerprint density at radius 2 is 2.50 bits per heavy atom. The topological polar surface area (TPSA) is 32.3 Å². The smallest absolute Gasteiger partial charge is 0.224 e. The summed E-state index contributed by atoms with van der Waals surface area (Å²) in [5.41, 5.74) is 0. The molecule has 2 aliphatic heterocycles. The summed E-state index contributed by atoms with van der Waals surface area (Å²) < 4.78 is 0. The summed E-state index contributed by atoms with van der Waals surface area (Å²) in [5.74, 6) is 0.350. The Morgan fingerprint density at radius 3 is 3.25 bits per heavy atom. The Hall–Kier alpha value is -0.570. The molecule has 3 heteroatoms. The van der Waals surface area contributed by atoms with Gasteiger partial charge in [0.2, 0.25) is 5.91 Å². The molecule has 2 rings (SSSR count). The lowest BCUT2D eigenvalue weighted by Gasteiger charge is -2.20. The lowest BCUT2D eigenvalue weighted by molar-refractivity contribution is -0.127. The van der Waals surface area contributed by atoms with E-state index in [2.05, 4.69) is 12.2 Å². The van der Waals surface area contributed by atoms with E-state index in [9.17, 15) is 4.79 Å². The van der Waals surface area contributed by atoms with Crippen LogP contribution in [0.15, 0.2) is 0 Å². The summed E-state index contributed by atoms with van der Waals surface area (Å²) in [6.45, 7) is 4.07. The predicted octanol–water partition coefficient (Wildman–Crippen LogP) is 0.359. The Kier molecular flexibility index (Phi) is 2.05. The number of likely N-dealkylation sites (N-methyl/N-ethyl adjacent to an activating group) is 1. The highest BCUT2D eigenvalue weighted by Gasteiger charge is 2.41. The fourth-order valence-corrected chi connectivity index (χ4v) is 2.43. The number of nitrogens with one attached hydrogen (secondary N) is 1. The minimum Gasteiger partial charge on any atom is -0.338 e. The van der Waals surface area contributed by atoms with E-state index in [-0.39, 0.29) is 0 Å². The second-order valence-electron chi connectivity index (χ2n) is 3.67. The maximum Gasteiger partial charge on any atom is 0.224 e. The van der Waals surface area contributed by atoms with Gasteiger partial charge in [-0.25, -0.2) is 0 Å². The minimum atomic E-state index is 0.350. The van der Waals surface area contributed by atoms with Crippen molar-refractivity contribution in [1.82, 2.24) is 10.2 Å². The van der Waals surface area contributed by atoms with Crippen molar-refractivity contribution < 1.29 is 4.79 Å². The molecule has 2 atom stereocenters. The number of carbonyl (C=O) groups is 1. The van der Waals surface area contributed by atoms with Gasteiger partial charge in [0.1, 0.15) is 0 Å². The number of hydrogen-bond donors (Lipinski definition) is 1. The number of fused-ring (bicyclic) bond motifs is 1. The van der Waals surface area contributed by atoms with E-state index >= 15 is 0 Å². The van der Waals surface area contributed by atoms with Crippen LogP contribution in [0.5, 0.6) is 0 Å². The first-order valence-corrected chi connectivity index (χ1v) is 4.85. The van der Waals surface area contributed by atoms with Gasteiger partial charge in [-0.2, -0.15) is 0 Å². The van der Waals surface area contributed by atoms with Gasteiger partial charge in [-0.3, -0.25) is 4.79 Å². The molecule has 2 heterocycles. The molecule has 0 saturated carbocycles. The summed E-state index contributed by atoms with van der Waals surface area (Å²) in [7, 11) is 0. The quantitative estimate of drug-likeness (QED) is 0.645. The summed E-state index contributed by atoms with van der Waals surface area (Å²) in [6, 6.07) is 0.947. The van der Waals surface area contributed by atoms with Gasteiger partial charge in [0, 0.05) is 25.0 Å². The highest BCUT2D eigenvalue weighted by molar-refractivity contribution is 5.80. The van der Waals surface area contributed by atoms with Crippen LogP contribution in [0.3, 0.4) is 0 Å². The normalized spacial score (nSPS) is 34.4. The largest absolute Gasteiger partial charge is 0.338 e. The highest BCUT2D eigenvalue weighted by atomic mass is 16.2. The molecule has 0 bridgehead atoms. The van der Waals surface area contributed by atoms with Gasteiger partial charge in [-0.15, -0.1) is 0 Å². The van der Waals surface area contributed by atoms with E-state index in [1.165, 1.54) is 12.8 Å². The van der Waals surface area contributed by atoms with Crippen molar-refractivity contribution in [2.45, 2.75) is 38.3 Å². The molecule has 3 nitrogen and oxygen atoms in total. The van der Waals surface area contributed by atoms with Gasteiger partial charge in [0.15, 0.2) is 0 Å². The Morgan fingerprint density at radius 1 is 1.67 bits per heavy atom. The molecular weight excluding hydrogens is 152 g/mol. The number of hydrogen-bond acceptors (Lipinski definition) is 2. The first-order valence-electron chi connectivity index (χ1n) is 4.85. The molecule has 0 aromatic rings. The maximum absolute atomic E-state index is 11.4. The SMILES string of the molecule is CCNC1CC(=O)N2CCCC12. The summed E-state index contributed by atoms with van der Waals surface area (Å²) in [6.07, 6.45) is 3.11. The molecular formula is C9H16N2O. The van der Waals surface area contributed by atoms with Crippen LogP contribution in [0.2, 0.25) is 0 Å². The molecule has 2 unspecified atom stereocenters. The van der Waals surface area contributed by atoms with Gasteiger partial charge in [-0.05, 0) is 19.4 Å². The van der Waals surface area contributed by atoms with Gasteiger partial charge in [0.05, 0.1) is 0 Å². The fourth-order valence-electron chi connectivity index (χ4n) is 2.43. The minimum absolute atomic E-state index is 0.350. The molecule has 0 aromatic heterocycles. The van der Waals surface area contributed by atoms with E-state index < -0.39 is 0 Å². The van der Waals surface area contributed by atoms with Crippen LogP contribution in [0, 0.1) is 0 Å². The summed E-state index contributed by atoms with van der Waals surface area (Å²) in [5, 5.41) is 3.38. The van der Waals surface area contributed by atoms with Crippen molar-refractivity contribution >= 4 is 5.91 Å². The van der Waals surface area contributed by atoms with Crippen LogP contribution >= 0.6 is 0 Å². The third-order valence-corrected chi connectivity index (χ3v) is 2.94. The average Bonchev–Trinajstić information content (AvgIpc) is 2.58. The highest BCUT2D eigenvalue weighted by Crippen LogP contribution is 2.28. The molecule has 1 amide bonds. The van der Waals surface area contributed by atoms with E-state index in [0.29, 0.717) is 18.0 Å². The number of amides is 1. The first kappa shape index (κ1) is 8.05. The Balaban J connectivity index is 2.04. The van der Waals surface area contributed by atoms with E-state index in [0.717, 1.165) is 19.5 Å². The molecule has 2 saturated heterocycles. The van der Waals surface area contributed by atoms with Crippen LogP contribution in [0.25, 0.3) is 0 Å². The molecule has 2 aliphatic rings. The number of rotatable bonds is 2. The second-order valence-corrected chi connectivity index (χ2v) is 3.67. The molecule has 68 valence electrons. The standard InChI is InChI=1S/C9H16N2O/c1-2-10-7-6-9(12)11-5-3-4-8(7)11/h7-8,10H,2-6H2,1H3. The molecule has 0 aromatic carbocycles. The van der Waals surface area contributed by atoms with Crippen molar-refractivity contribution in [1.29, 1.82) is 0 Å². The molecule has 12 heavy (non-hydrogen) atoms. The maximum atomic E-state index is 11.4. The molecule has 0 radical (unpaired) electrons. The summed E-state index contributed by atoms with van der Waals surface area (Å²) >= 11 is 0.